The van der Waals surface area contributed by atoms with Crippen LogP contribution in [0.1, 0.15) is 24.0 Å². The Labute approximate surface area is 352 Å². The summed E-state index contributed by atoms with van der Waals surface area (Å²) in [6.07, 6.45) is -0.0681. The second-order valence-corrected chi connectivity index (χ2v) is 15.2. The van der Waals surface area contributed by atoms with Crippen LogP contribution in [0.25, 0.3) is 22.5 Å². The van der Waals surface area contributed by atoms with E-state index in [1.54, 1.807) is 54.3 Å². The van der Waals surface area contributed by atoms with Crippen molar-refractivity contribution >= 4 is 79.9 Å². The van der Waals surface area contributed by atoms with Gasteiger partial charge < -0.3 is 30.3 Å². The molecule has 58 heavy (non-hydrogen) atoms. The molecule has 0 aliphatic rings. The van der Waals surface area contributed by atoms with Crippen LogP contribution in [0.5, 0.6) is 11.5 Å². The Morgan fingerprint density at radius 3 is 1.66 bits per heavy atom. The van der Waals surface area contributed by atoms with E-state index in [9.17, 15) is 29.4 Å². The smallest absolute Gasteiger partial charge is 0.304 e. The SMILES string of the molecule is COc1cccc(C[C@H](CC(=O)O)C(=O)Nc2nc(-c3ccccc3Cl)cs2)c1.COc1ccccc1C[C@H](CC(=O)O)C(=O)Nc1nc(-c2ccccc2Cl)cs1. The number of hydrogen-bond acceptors (Lipinski definition) is 10. The summed E-state index contributed by atoms with van der Waals surface area (Å²) in [5.41, 5.74) is 4.43. The lowest BCUT2D eigenvalue weighted by Crippen LogP contribution is -2.27. The Bertz CT molecular complexity index is 2370. The highest BCUT2D eigenvalue weighted by Crippen LogP contribution is 2.32. The summed E-state index contributed by atoms with van der Waals surface area (Å²) in [6, 6.07) is 29.1. The molecule has 2 aromatic heterocycles. The zero-order valence-corrected chi connectivity index (χ0v) is 34.3. The van der Waals surface area contributed by atoms with E-state index in [1.807, 2.05) is 60.7 Å². The van der Waals surface area contributed by atoms with Crippen molar-refractivity contribution in [2.45, 2.75) is 25.7 Å². The maximum atomic E-state index is 12.8. The van der Waals surface area contributed by atoms with Gasteiger partial charge in [-0.25, -0.2) is 9.97 Å². The Morgan fingerprint density at radius 1 is 0.655 bits per heavy atom. The zero-order chi connectivity index (χ0) is 41.6. The fourth-order valence-corrected chi connectivity index (χ4v) is 7.71. The molecule has 2 atom stereocenters. The molecule has 6 aromatic rings. The number of methoxy groups -OCH3 is 2. The molecular formula is C42H38Cl2N4O8S2. The number of anilines is 2. The van der Waals surface area contributed by atoms with Crippen LogP contribution in [0.4, 0.5) is 10.3 Å². The number of hydrogen-bond donors (Lipinski definition) is 4. The van der Waals surface area contributed by atoms with Crippen LogP contribution in [0, 0.1) is 11.8 Å². The van der Waals surface area contributed by atoms with Gasteiger partial charge in [-0.1, -0.05) is 89.9 Å². The minimum atomic E-state index is -1.05. The predicted molar refractivity (Wildman–Crippen MR) is 227 cm³/mol. The monoisotopic (exact) mass is 860 g/mol. The summed E-state index contributed by atoms with van der Waals surface area (Å²) >= 11 is 14.9. The third kappa shape index (κ3) is 12.3. The van der Waals surface area contributed by atoms with Crippen molar-refractivity contribution in [2.24, 2.45) is 11.8 Å². The molecule has 0 saturated heterocycles. The highest BCUT2D eigenvalue weighted by atomic mass is 35.5. The van der Waals surface area contributed by atoms with E-state index in [1.165, 1.54) is 29.8 Å². The molecule has 4 N–H and O–H groups in total. The van der Waals surface area contributed by atoms with Crippen molar-refractivity contribution in [3.05, 3.63) is 129 Å². The van der Waals surface area contributed by atoms with E-state index < -0.39 is 35.6 Å². The van der Waals surface area contributed by atoms with Crippen molar-refractivity contribution in [3.8, 4) is 34.0 Å². The van der Waals surface area contributed by atoms with Gasteiger partial charge in [0, 0.05) is 31.9 Å². The van der Waals surface area contributed by atoms with Crippen LogP contribution in [-0.4, -0.2) is 58.2 Å². The van der Waals surface area contributed by atoms with Crippen LogP contribution in [0.2, 0.25) is 10.0 Å². The maximum Gasteiger partial charge on any atom is 0.304 e. The van der Waals surface area contributed by atoms with Gasteiger partial charge in [-0.2, -0.15) is 0 Å². The summed E-state index contributed by atoms with van der Waals surface area (Å²) < 4.78 is 10.5. The minimum absolute atomic E-state index is 0.241. The zero-order valence-electron chi connectivity index (χ0n) is 31.2. The first-order valence-electron chi connectivity index (χ1n) is 17.6. The quantitative estimate of drug-likeness (QED) is 0.0733. The number of amides is 2. The largest absolute Gasteiger partial charge is 0.497 e. The van der Waals surface area contributed by atoms with Crippen LogP contribution >= 0.6 is 45.9 Å². The van der Waals surface area contributed by atoms with Gasteiger partial charge in [-0.05, 0) is 54.3 Å². The third-order valence-corrected chi connectivity index (χ3v) is 10.8. The minimum Gasteiger partial charge on any atom is -0.497 e. The summed E-state index contributed by atoms with van der Waals surface area (Å²) in [5, 5.41) is 29.5. The molecule has 0 radical (unpaired) electrons. The number of thiazole rings is 2. The number of halogens is 2. The maximum absolute atomic E-state index is 12.8. The van der Waals surface area contributed by atoms with Crippen molar-refractivity contribution < 1.29 is 38.9 Å². The van der Waals surface area contributed by atoms with Crippen molar-refractivity contribution in [3.63, 3.8) is 0 Å². The summed E-state index contributed by atoms with van der Waals surface area (Å²) in [5.74, 6) is -3.12. The van der Waals surface area contributed by atoms with Crippen molar-refractivity contribution in [2.75, 3.05) is 24.9 Å². The molecule has 0 bridgehead atoms. The van der Waals surface area contributed by atoms with E-state index in [0.29, 0.717) is 43.2 Å². The molecule has 6 rings (SSSR count). The van der Waals surface area contributed by atoms with E-state index in [4.69, 9.17) is 32.7 Å². The average Bonchev–Trinajstić information content (AvgIpc) is 3.87. The fraction of sp³-hybridized carbons (Fsp3) is 0.190. The number of rotatable bonds is 16. The topological polar surface area (TPSA) is 177 Å². The molecule has 4 aromatic carbocycles. The number of ether oxygens (including phenoxy) is 2. The highest BCUT2D eigenvalue weighted by Gasteiger charge is 2.26. The molecular weight excluding hydrogens is 824 g/mol. The highest BCUT2D eigenvalue weighted by molar-refractivity contribution is 7.14. The lowest BCUT2D eigenvalue weighted by atomic mass is 9.95. The number of carbonyl (C=O) groups excluding carboxylic acids is 2. The molecule has 2 amide bonds. The first kappa shape index (κ1) is 43.3. The van der Waals surface area contributed by atoms with Crippen LogP contribution < -0.4 is 20.1 Å². The number of para-hydroxylation sites is 1. The number of carboxylic acid groups (broad SMARTS) is 2. The average molecular weight is 862 g/mol. The molecule has 0 fully saturated rings. The summed E-state index contributed by atoms with van der Waals surface area (Å²) in [4.78, 5) is 56.9. The Morgan fingerprint density at radius 2 is 1.16 bits per heavy atom. The number of benzene rings is 4. The first-order valence-corrected chi connectivity index (χ1v) is 20.2. The van der Waals surface area contributed by atoms with Gasteiger partial charge in [0.1, 0.15) is 11.5 Å². The molecule has 0 aliphatic carbocycles. The summed E-state index contributed by atoms with van der Waals surface area (Å²) in [6.45, 7) is 0. The molecule has 0 aliphatic heterocycles. The van der Waals surface area contributed by atoms with Gasteiger partial charge in [-0.15, -0.1) is 22.7 Å². The fourth-order valence-electron chi connectivity index (χ4n) is 5.82. The van der Waals surface area contributed by atoms with Gasteiger partial charge in [0.05, 0.1) is 50.3 Å². The Kier molecular flexibility index (Phi) is 15.8. The molecule has 12 nitrogen and oxygen atoms in total. The molecule has 300 valence electrons. The normalized spacial score (nSPS) is 11.7. The second kappa shape index (κ2) is 21.1. The lowest BCUT2D eigenvalue weighted by molar-refractivity contribution is -0.140. The van der Waals surface area contributed by atoms with Gasteiger partial charge in [-0.3, -0.25) is 19.2 Å². The molecule has 0 spiro atoms. The number of carboxylic acids is 2. The van der Waals surface area contributed by atoms with E-state index in [0.717, 1.165) is 22.3 Å². The number of aromatic nitrogens is 2. The molecule has 0 saturated carbocycles. The van der Waals surface area contributed by atoms with Crippen LogP contribution in [-0.2, 0) is 32.0 Å². The van der Waals surface area contributed by atoms with Crippen molar-refractivity contribution in [1.82, 2.24) is 9.97 Å². The van der Waals surface area contributed by atoms with Gasteiger partial charge in [0.15, 0.2) is 10.3 Å². The van der Waals surface area contributed by atoms with Crippen LogP contribution in [0.3, 0.4) is 0 Å². The lowest BCUT2D eigenvalue weighted by Gasteiger charge is -2.16. The van der Waals surface area contributed by atoms with Crippen LogP contribution in [0.15, 0.2) is 108 Å². The summed E-state index contributed by atoms with van der Waals surface area (Å²) in [7, 11) is 3.09. The van der Waals surface area contributed by atoms with E-state index in [-0.39, 0.29) is 25.7 Å². The number of nitrogens with zero attached hydrogens (tertiary/aromatic N) is 2. The van der Waals surface area contributed by atoms with E-state index >= 15 is 0 Å². The van der Waals surface area contributed by atoms with Gasteiger partial charge in [0.2, 0.25) is 11.8 Å². The van der Waals surface area contributed by atoms with Crippen molar-refractivity contribution in [1.29, 1.82) is 0 Å². The first-order chi connectivity index (χ1) is 27.9. The third-order valence-electron chi connectivity index (χ3n) is 8.63. The standard InChI is InChI=1S/2C21H19ClN2O4S/c1-28-18-9-5-2-6-13(18)10-14(11-19(25)26)20(27)24-21-23-17(12-29-21)15-7-3-4-8-16(15)22;1-28-15-6-4-5-13(10-15)9-14(11-19(25)26)20(27)24-21-23-18(12-29-21)16-7-2-3-8-17(16)22/h2-9,12,14H,10-11H2,1H3,(H,25,26)(H,23,24,27);2-8,10,12,14H,9,11H2,1H3,(H,25,26)(H,23,24,27)/t2*14-/m11/s1. The second-order valence-electron chi connectivity index (χ2n) is 12.7. The molecule has 0 unspecified atom stereocenters. The number of nitrogens with one attached hydrogen (secondary N) is 2. The predicted octanol–water partition coefficient (Wildman–Crippen LogP) is 9.49. The number of aliphatic carboxylic acids is 2. The molecule has 16 heteroatoms. The van der Waals surface area contributed by atoms with E-state index in [2.05, 4.69) is 20.6 Å². The van der Waals surface area contributed by atoms with Gasteiger partial charge in [0.25, 0.3) is 0 Å². The Balaban J connectivity index is 0.000000221. The molecule has 2 heterocycles. The van der Waals surface area contributed by atoms with Gasteiger partial charge >= 0.3 is 11.9 Å². The Hall–Kier alpha value is -5.80. The number of carbonyl (C=O) groups is 4.